The molecule has 3 amide bonds. The molecule has 2 saturated heterocycles. The van der Waals surface area contributed by atoms with Gasteiger partial charge in [-0.25, -0.2) is 13.3 Å². The highest BCUT2D eigenvalue weighted by atomic mass is 32.2. The zero-order valence-corrected chi connectivity index (χ0v) is 17.1. The number of hydrogen-bond acceptors (Lipinski definition) is 8. The van der Waals surface area contributed by atoms with Crippen molar-refractivity contribution in [3.05, 3.63) is 17.5 Å². The number of aliphatic carboxylic acids is 1. The van der Waals surface area contributed by atoms with Crippen LogP contribution in [0.25, 0.3) is 0 Å². The van der Waals surface area contributed by atoms with Crippen molar-refractivity contribution in [1.29, 1.82) is 0 Å². The van der Waals surface area contributed by atoms with E-state index < -0.39 is 58.3 Å². The quantitative estimate of drug-likeness (QED) is 0.582. The van der Waals surface area contributed by atoms with Gasteiger partial charge in [-0.2, -0.15) is 0 Å². The Morgan fingerprint density at radius 1 is 1.50 bits per heavy atom. The SMILES string of the molecule is CC(=O)N(C1C(=O)N2CC(COC(N)=O)(C(=O)O)CS[C@H]12)S(=O)c1cccs1. The number of primary amides is 1. The van der Waals surface area contributed by atoms with Crippen molar-refractivity contribution in [2.75, 3.05) is 18.9 Å². The van der Waals surface area contributed by atoms with Crippen LogP contribution in [0, 0.1) is 5.41 Å². The lowest BCUT2D eigenvalue weighted by atomic mass is 9.88. The van der Waals surface area contributed by atoms with Crippen molar-refractivity contribution in [2.45, 2.75) is 22.5 Å². The summed E-state index contributed by atoms with van der Waals surface area (Å²) >= 11 is 2.35. The highest BCUT2D eigenvalue weighted by Crippen LogP contribution is 2.45. The number of hydrogen-bond donors (Lipinski definition) is 2. The predicted octanol–water partition coefficient (Wildman–Crippen LogP) is 0.0692. The first-order valence-corrected chi connectivity index (χ1v) is 11.0. The number of amides is 3. The maximum atomic E-state index is 12.8. The van der Waals surface area contributed by atoms with E-state index in [9.17, 15) is 28.5 Å². The fraction of sp³-hybridized carbons (Fsp3) is 0.467. The number of β-lactam (4-membered cyclic amide) rings is 1. The Labute approximate surface area is 170 Å². The van der Waals surface area contributed by atoms with Crippen LogP contribution in [-0.2, 0) is 30.1 Å². The maximum absolute atomic E-state index is 12.8. The number of ether oxygens (including phenoxy) is 1. The third-order valence-electron chi connectivity index (χ3n) is 4.47. The number of carboxylic acids is 1. The van der Waals surface area contributed by atoms with Crippen molar-refractivity contribution in [2.24, 2.45) is 11.1 Å². The average Bonchev–Trinajstić information content (AvgIpc) is 3.17. The molecule has 4 atom stereocenters. The molecule has 0 spiro atoms. The van der Waals surface area contributed by atoms with Gasteiger partial charge < -0.3 is 20.5 Å². The number of rotatable bonds is 6. The highest BCUT2D eigenvalue weighted by Gasteiger charge is 2.60. The summed E-state index contributed by atoms with van der Waals surface area (Å²) in [4.78, 5) is 48.8. The van der Waals surface area contributed by atoms with Crippen LogP contribution in [0.2, 0.25) is 0 Å². The maximum Gasteiger partial charge on any atom is 0.404 e. The van der Waals surface area contributed by atoms with Crippen molar-refractivity contribution >= 4 is 58.0 Å². The van der Waals surface area contributed by atoms with Crippen LogP contribution in [0.4, 0.5) is 4.79 Å². The number of carboxylic acid groups (broad SMARTS) is 1. The van der Waals surface area contributed by atoms with E-state index in [-0.39, 0.29) is 12.3 Å². The van der Waals surface area contributed by atoms with Crippen LogP contribution < -0.4 is 5.73 Å². The molecular weight excluding hydrogens is 430 g/mol. The molecule has 28 heavy (non-hydrogen) atoms. The smallest absolute Gasteiger partial charge is 0.404 e. The monoisotopic (exact) mass is 447 g/mol. The van der Waals surface area contributed by atoms with Gasteiger partial charge in [-0.3, -0.25) is 14.4 Å². The Morgan fingerprint density at radius 2 is 2.21 bits per heavy atom. The van der Waals surface area contributed by atoms with Crippen molar-refractivity contribution < 1.29 is 33.2 Å². The molecule has 10 nitrogen and oxygen atoms in total. The molecule has 0 aliphatic carbocycles. The third-order valence-corrected chi connectivity index (χ3v) is 8.74. The lowest BCUT2D eigenvalue weighted by molar-refractivity contribution is -0.164. The lowest BCUT2D eigenvalue weighted by Crippen LogP contribution is -2.74. The van der Waals surface area contributed by atoms with Crippen molar-refractivity contribution in [3.63, 3.8) is 0 Å². The number of thiophene rings is 1. The van der Waals surface area contributed by atoms with Crippen LogP contribution in [0.15, 0.2) is 21.7 Å². The second-order valence-corrected chi connectivity index (χ2v) is 9.97. The zero-order chi connectivity index (χ0) is 20.6. The van der Waals surface area contributed by atoms with Gasteiger partial charge in [0.2, 0.25) is 5.91 Å². The number of nitrogens with zero attached hydrogens (tertiary/aromatic N) is 2. The Kier molecular flexibility index (Phi) is 5.68. The van der Waals surface area contributed by atoms with Crippen LogP contribution >= 0.6 is 23.1 Å². The fourth-order valence-corrected chi connectivity index (χ4v) is 6.91. The number of thioether (sulfide) groups is 1. The molecule has 3 heterocycles. The molecule has 3 rings (SSSR count). The second kappa shape index (κ2) is 7.72. The minimum absolute atomic E-state index is 0.0396. The summed E-state index contributed by atoms with van der Waals surface area (Å²) in [6.45, 7) is 0.570. The van der Waals surface area contributed by atoms with Gasteiger partial charge in [0.05, 0.1) is 0 Å². The van der Waals surface area contributed by atoms with Crippen molar-refractivity contribution in [3.8, 4) is 0 Å². The molecule has 1 aromatic rings. The van der Waals surface area contributed by atoms with Gasteiger partial charge in [0.1, 0.15) is 21.6 Å². The predicted molar refractivity (Wildman–Crippen MR) is 101 cm³/mol. The summed E-state index contributed by atoms with van der Waals surface area (Å²) in [6.07, 6.45) is -1.10. The number of nitrogens with two attached hydrogens (primary N) is 1. The van der Waals surface area contributed by atoms with Crippen LogP contribution in [0.5, 0.6) is 0 Å². The molecule has 2 aliphatic rings. The summed E-state index contributed by atoms with van der Waals surface area (Å²) in [5.41, 5.74) is 3.43. The van der Waals surface area contributed by atoms with Gasteiger partial charge in [-0.15, -0.1) is 23.1 Å². The van der Waals surface area contributed by atoms with E-state index in [2.05, 4.69) is 4.74 Å². The molecule has 2 fully saturated rings. The Balaban J connectivity index is 1.80. The third kappa shape index (κ3) is 3.49. The molecule has 0 aromatic carbocycles. The summed E-state index contributed by atoms with van der Waals surface area (Å²) in [6, 6.07) is 2.36. The van der Waals surface area contributed by atoms with Crippen LogP contribution in [-0.4, -0.2) is 72.7 Å². The fourth-order valence-electron chi connectivity index (χ4n) is 3.05. The molecule has 0 bridgehead atoms. The van der Waals surface area contributed by atoms with Gasteiger partial charge in [0, 0.05) is 19.2 Å². The highest BCUT2D eigenvalue weighted by molar-refractivity contribution is 8.00. The van der Waals surface area contributed by atoms with E-state index in [4.69, 9.17) is 5.73 Å². The first-order chi connectivity index (χ1) is 13.2. The van der Waals surface area contributed by atoms with Gasteiger partial charge >= 0.3 is 12.1 Å². The first kappa shape index (κ1) is 20.6. The molecule has 13 heteroatoms. The summed E-state index contributed by atoms with van der Waals surface area (Å²) < 4.78 is 19.0. The van der Waals surface area contributed by atoms with Gasteiger partial charge in [-0.1, -0.05) is 6.07 Å². The summed E-state index contributed by atoms with van der Waals surface area (Å²) in [5.74, 6) is -2.20. The summed E-state index contributed by atoms with van der Waals surface area (Å²) in [7, 11) is -1.83. The van der Waals surface area contributed by atoms with E-state index in [0.29, 0.717) is 4.21 Å². The van der Waals surface area contributed by atoms with E-state index in [0.717, 1.165) is 16.1 Å². The number of carbonyl (C=O) groups is 4. The largest absolute Gasteiger partial charge is 0.481 e. The average molecular weight is 448 g/mol. The topological polar surface area (TPSA) is 147 Å². The molecule has 3 unspecified atom stereocenters. The minimum Gasteiger partial charge on any atom is -0.481 e. The first-order valence-electron chi connectivity index (χ1n) is 8.01. The van der Waals surface area contributed by atoms with E-state index in [1.165, 1.54) is 23.2 Å². The zero-order valence-electron chi connectivity index (χ0n) is 14.6. The molecule has 1 aromatic heterocycles. The van der Waals surface area contributed by atoms with Crippen molar-refractivity contribution in [1.82, 2.24) is 9.21 Å². The lowest BCUT2D eigenvalue weighted by Gasteiger charge is -2.55. The number of fused-ring (bicyclic) bond motifs is 1. The van der Waals surface area contributed by atoms with E-state index in [1.807, 2.05) is 0 Å². The second-order valence-electron chi connectivity index (χ2n) is 6.33. The Hall–Kier alpha value is -2.12. The standard InChI is InChI=1S/C15H17N3O7S3/c1-8(19)18(28(24)9-3-2-4-26-9)10-11(20)17-5-15(13(21)22,6-25-14(16)23)7-27-12(10)17/h2-4,10,12H,5-7H2,1H3,(H2,16,23)(H,21,22)/t10?,12-,15?,28?/m1/s1. The van der Waals surface area contributed by atoms with Gasteiger partial charge in [0.15, 0.2) is 17.0 Å². The summed E-state index contributed by atoms with van der Waals surface area (Å²) in [5, 5.41) is 10.8. The Bertz CT molecular complexity index is 846. The molecule has 0 radical (unpaired) electrons. The van der Waals surface area contributed by atoms with Gasteiger partial charge in [-0.05, 0) is 11.4 Å². The van der Waals surface area contributed by atoms with Crippen LogP contribution in [0.1, 0.15) is 6.92 Å². The molecule has 0 saturated carbocycles. The van der Waals surface area contributed by atoms with E-state index in [1.54, 1.807) is 17.5 Å². The number of carbonyl (C=O) groups excluding carboxylic acids is 3. The molecule has 2 aliphatic heterocycles. The van der Waals surface area contributed by atoms with Crippen LogP contribution in [0.3, 0.4) is 0 Å². The van der Waals surface area contributed by atoms with E-state index >= 15 is 0 Å². The van der Waals surface area contributed by atoms with Gasteiger partial charge in [0.25, 0.3) is 5.91 Å². The Morgan fingerprint density at radius 3 is 2.75 bits per heavy atom. The molecule has 3 N–H and O–H groups in total. The molecule has 152 valence electrons. The minimum atomic E-state index is -1.83. The normalized spacial score (nSPS) is 27.3. The molecular formula is C15H17N3O7S3.